The Balaban J connectivity index is 1.54. The van der Waals surface area contributed by atoms with Crippen LogP contribution in [0.25, 0.3) is 23.0 Å². The number of aryl methyl sites for hydroxylation is 1. The third-order valence-corrected chi connectivity index (χ3v) is 9.34. The Kier molecular flexibility index (Phi) is 6.99. The van der Waals surface area contributed by atoms with Crippen LogP contribution in [0.15, 0.2) is 59.6 Å². The van der Waals surface area contributed by atoms with Crippen LogP contribution in [0, 0.1) is 6.92 Å². The van der Waals surface area contributed by atoms with Gasteiger partial charge in [-0.2, -0.15) is 5.10 Å². The molecule has 3 aromatic rings. The van der Waals surface area contributed by atoms with Crippen molar-refractivity contribution < 1.29 is 17.9 Å². The minimum Gasteiger partial charge on any atom is -0.491 e. The van der Waals surface area contributed by atoms with Gasteiger partial charge in [-0.15, -0.1) is 0 Å². The van der Waals surface area contributed by atoms with Crippen molar-refractivity contribution in [3.05, 3.63) is 70.8 Å². The van der Waals surface area contributed by atoms with Gasteiger partial charge in [0.25, 0.3) is 5.91 Å². The molecule has 5 rings (SSSR count). The van der Waals surface area contributed by atoms with Crippen molar-refractivity contribution in [2.24, 2.45) is 0 Å². The van der Waals surface area contributed by atoms with Gasteiger partial charge in [0.05, 0.1) is 34.2 Å². The van der Waals surface area contributed by atoms with Crippen LogP contribution in [0.1, 0.15) is 31.4 Å². The van der Waals surface area contributed by atoms with Crippen LogP contribution in [0.4, 0.5) is 0 Å². The number of amides is 1. The SMILES string of the molecule is Cc1cc(-c2nn(-c3ccccc3)cc2/C=C2\SC(=S)N([C@@H]3CCS(=O)(=O)C3)C2=O)ccc1OC(C)C. The topological polar surface area (TPSA) is 81.5 Å². The molecule has 0 radical (unpaired) electrons. The molecule has 0 aliphatic carbocycles. The Labute approximate surface area is 226 Å². The zero-order chi connectivity index (χ0) is 26.3. The highest BCUT2D eigenvalue weighted by atomic mass is 32.2. The van der Waals surface area contributed by atoms with E-state index >= 15 is 0 Å². The van der Waals surface area contributed by atoms with Crippen LogP contribution >= 0.6 is 24.0 Å². The van der Waals surface area contributed by atoms with Crippen LogP contribution in [-0.2, 0) is 14.6 Å². The van der Waals surface area contributed by atoms with E-state index in [-0.39, 0.29) is 23.5 Å². The summed E-state index contributed by atoms with van der Waals surface area (Å²) in [4.78, 5) is 15.3. The lowest BCUT2D eigenvalue weighted by atomic mass is 10.0. The number of ether oxygens (including phenoxy) is 1. The van der Waals surface area contributed by atoms with Crippen LogP contribution in [-0.4, -0.2) is 57.0 Å². The Bertz CT molecular complexity index is 1510. The lowest BCUT2D eigenvalue weighted by Crippen LogP contribution is -2.39. The summed E-state index contributed by atoms with van der Waals surface area (Å²) in [6.07, 6.45) is 4.17. The second-order valence-electron chi connectivity index (χ2n) is 9.47. The Morgan fingerprint density at radius 1 is 1.19 bits per heavy atom. The number of sulfone groups is 1. The zero-order valence-electron chi connectivity index (χ0n) is 20.7. The average molecular weight is 554 g/mol. The first kappa shape index (κ1) is 25.7. The molecule has 37 heavy (non-hydrogen) atoms. The van der Waals surface area contributed by atoms with Gasteiger partial charge in [0.15, 0.2) is 9.84 Å². The molecule has 1 aromatic heterocycles. The summed E-state index contributed by atoms with van der Waals surface area (Å²) >= 11 is 6.70. The smallest absolute Gasteiger partial charge is 0.266 e. The molecule has 2 fully saturated rings. The van der Waals surface area contributed by atoms with Gasteiger partial charge < -0.3 is 4.74 Å². The minimum atomic E-state index is -3.15. The van der Waals surface area contributed by atoms with E-state index in [9.17, 15) is 13.2 Å². The first-order valence-corrected chi connectivity index (χ1v) is 15.1. The Hall–Kier alpha value is -2.95. The fraction of sp³-hybridized carbons (Fsp3) is 0.296. The predicted molar refractivity (Wildman–Crippen MR) is 152 cm³/mol. The number of para-hydroxylation sites is 1. The number of benzene rings is 2. The number of hydrogen-bond acceptors (Lipinski definition) is 7. The number of rotatable bonds is 6. The summed E-state index contributed by atoms with van der Waals surface area (Å²) in [5, 5.41) is 4.87. The quantitative estimate of drug-likeness (QED) is 0.313. The van der Waals surface area contributed by atoms with E-state index < -0.39 is 15.9 Å². The van der Waals surface area contributed by atoms with Crippen LogP contribution in [0.5, 0.6) is 5.75 Å². The van der Waals surface area contributed by atoms with E-state index in [0.717, 1.165) is 33.8 Å². The molecule has 0 N–H and O–H groups in total. The van der Waals surface area contributed by atoms with E-state index in [1.807, 2.05) is 75.5 Å². The molecule has 2 aliphatic heterocycles. The molecular formula is C27H27N3O4S3. The van der Waals surface area contributed by atoms with Crippen LogP contribution < -0.4 is 4.74 Å². The molecule has 0 unspecified atom stereocenters. The van der Waals surface area contributed by atoms with E-state index in [0.29, 0.717) is 15.6 Å². The number of hydrogen-bond donors (Lipinski definition) is 0. The van der Waals surface area contributed by atoms with Crippen molar-refractivity contribution >= 4 is 50.1 Å². The molecule has 0 saturated carbocycles. The first-order valence-electron chi connectivity index (χ1n) is 12.0. The van der Waals surface area contributed by atoms with Gasteiger partial charge in [-0.25, -0.2) is 13.1 Å². The van der Waals surface area contributed by atoms with Gasteiger partial charge in [-0.3, -0.25) is 9.69 Å². The second-order valence-corrected chi connectivity index (χ2v) is 13.4. The summed E-state index contributed by atoms with van der Waals surface area (Å²) in [7, 11) is -3.15. The zero-order valence-corrected chi connectivity index (χ0v) is 23.2. The van der Waals surface area contributed by atoms with Crippen molar-refractivity contribution in [1.29, 1.82) is 0 Å². The maximum atomic E-state index is 13.4. The lowest BCUT2D eigenvalue weighted by molar-refractivity contribution is -0.123. The number of thiocarbonyl (C=S) groups is 1. The second kappa shape index (κ2) is 10.1. The number of nitrogens with zero attached hydrogens (tertiary/aromatic N) is 3. The monoisotopic (exact) mass is 553 g/mol. The maximum absolute atomic E-state index is 13.4. The van der Waals surface area contributed by atoms with E-state index in [2.05, 4.69) is 0 Å². The molecule has 0 spiro atoms. The first-order chi connectivity index (χ1) is 17.6. The summed E-state index contributed by atoms with van der Waals surface area (Å²) in [6.45, 7) is 5.98. The fourth-order valence-corrected chi connectivity index (χ4v) is 7.62. The van der Waals surface area contributed by atoms with E-state index in [1.54, 1.807) is 10.8 Å². The minimum absolute atomic E-state index is 0.0476. The van der Waals surface area contributed by atoms with Crippen molar-refractivity contribution in [2.75, 3.05) is 11.5 Å². The molecule has 10 heteroatoms. The molecule has 3 heterocycles. The maximum Gasteiger partial charge on any atom is 0.266 e. The van der Waals surface area contributed by atoms with E-state index in [1.165, 1.54) is 16.7 Å². The summed E-state index contributed by atoms with van der Waals surface area (Å²) in [5.41, 5.74) is 4.26. The normalized spacial score (nSPS) is 20.4. The highest BCUT2D eigenvalue weighted by Crippen LogP contribution is 2.38. The lowest BCUT2D eigenvalue weighted by Gasteiger charge is -2.20. The van der Waals surface area contributed by atoms with Crippen LogP contribution in [0.2, 0.25) is 0 Å². The van der Waals surface area contributed by atoms with Crippen molar-refractivity contribution in [2.45, 2.75) is 39.3 Å². The van der Waals surface area contributed by atoms with Crippen molar-refractivity contribution in [1.82, 2.24) is 14.7 Å². The molecule has 7 nitrogen and oxygen atoms in total. The highest BCUT2D eigenvalue weighted by molar-refractivity contribution is 8.26. The van der Waals surface area contributed by atoms with Gasteiger partial charge in [-0.05, 0) is 69.2 Å². The fourth-order valence-electron chi connectivity index (χ4n) is 4.53. The van der Waals surface area contributed by atoms with Gasteiger partial charge in [-0.1, -0.05) is 42.2 Å². The molecular weight excluding hydrogens is 527 g/mol. The third-order valence-electron chi connectivity index (χ3n) is 6.26. The molecule has 1 atom stereocenters. The third kappa shape index (κ3) is 5.37. The number of thioether (sulfide) groups is 1. The molecule has 2 aromatic carbocycles. The number of carbonyl (C=O) groups excluding carboxylic acids is 1. The standard InChI is InChI=1S/C27H27N3O4S3/c1-17(2)34-23-10-9-19(13-18(23)3)25-20(15-29(28-25)21-7-5-4-6-8-21)14-24-26(31)30(27(35)36-24)22-11-12-37(32,33)16-22/h4-10,13-15,17,22H,11-12,16H2,1-3H3/b24-14-/t22-/m1/s1. The molecule has 2 aliphatic rings. The molecule has 0 bridgehead atoms. The number of carbonyl (C=O) groups is 1. The molecule has 2 saturated heterocycles. The van der Waals surface area contributed by atoms with Gasteiger partial charge >= 0.3 is 0 Å². The average Bonchev–Trinajstić information content (AvgIpc) is 3.51. The Morgan fingerprint density at radius 2 is 1.95 bits per heavy atom. The van der Waals surface area contributed by atoms with E-state index in [4.69, 9.17) is 22.1 Å². The van der Waals surface area contributed by atoms with Gasteiger partial charge in [0, 0.05) is 17.3 Å². The van der Waals surface area contributed by atoms with Crippen molar-refractivity contribution in [3.63, 3.8) is 0 Å². The predicted octanol–water partition coefficient (Wildman–Crippen LogP) is 5.02. The number of aromatic nitrogens is 2. The van der Waals surface area contributed by atoms with Gasteiger partial charge in [0.2, 0.25) is 0 Å². The van der Waals surface area contributed by atoms with Crippen molar-refractivity contribution in [3.8, 4) is 22.7 Å². The van der Waals surface area contributed by atoms with Crippen LogP contribution in [0.3, 0.4) is 0 Å². The highest BCUT2D eigenvalue weighted by Gasteiger charge is 2.42. The summed E-state index contributed by atoms with van der Waals surface area (Å²) < 4.78 is 32.1. The molecule has 1 amide bonds. The largest absolute Gasteiger partial charge is 0.491 e. The summed E-state index contributed by atoms with van der Waals surface area (Å²) in [5.74, 6) is 0.591. The Morgan fingerprint density at radius 3 is 2.59 bits per heavy atom. The van der Waals surface area contributed by atoms with Gasteiger partial charge in [0.1, 0.15) is 15.8 Å². The summed E-state index contributed by atoms with van der Waals surface area (Å²) in [6, 6.07) is 15.3. The molecule has 192 valence electrons.